The molecule has 1 amide bonds. The van der Waals surface area contributed by atoms with E-state index in [4.69, 9.17) is 9.88 Å². The largest absolute Gasteiger partial charge is 0.452 e. The van der Waals surface area contributed by atoms with Gasteiger partial charge in [0.15, 0.2) is 6.61 Å². The zero-order valence-corrected chi connectivity index (χ0v) is 14.6. The molecule has 0 aliphatic carbocycles. The lowest BCUT2D eigenvalue weighted by molar-refractivity contribution is -0.119. The quantitative estimate of drug-likeness (QED) is 0.786. The Bertz CT molecular complexity index is 905. The molecule has 0 radical (unpaired) electrons. The van der Waals surface area contributed by atoms with E-state index in [2.05, 4.69) is 5.32 Å². The van der Waals surface area contributed by atoms with Gasteiger partial charge in [0.2, 0.25) is 10.0 Å². The van der Waals surface area contributed by atoms with Crippen molar-refractivity contribution in [3.8, 4) is 0 Å². The average Bonchev–Trinajstić information content (AvgIpc) is 2.55. The molecule has 0 heterocycles. The van der Waals surface area contributed by atoms with Crippen LogP contribution in [0.1, 0.15) is 21.5 Å². The first kappa shape index (κ1) is 18.6. The molecular weight excluding hydrogens is 344 g/mol. The van der Waals surface area contributed by atoms with Gasteiger partial charge in [-0.05, 0) is 55.3 Å². The summed E-state index contributed by atoms with van der Waals surface area (Å²) in [5.41, 5.74) is 2.52. The number of esters is 1. The maximum atomic E-state index is 12.0. The minimum atomic E-state index is -3.79. The summed E-state index contributed by atoms with van der Waals surface area (Å²) in [6.45, 7) is 3.23. The van der Waals surface area contributed by atoms with Crippen LogP contribution in [0.3, 0.4) is 0 Å². The van der Waals surface area contributed by atoms with Gasteiger partial charge in [-0.25, -0.2) is 18.4 Å². The third-order valence-corrected chi connectivity index (χ3v) is 4.55. The first-order valence-electron chi connectivity index (χ1n) is 7.34. The molecule has 7 nitrogen and oxygen atoms in total. The van der Waals surface area contributed by atoms with E-state index in [0.717, 1.165) is 11.1 Å². The maximum absolute atomic E-state index is 12.0. The fourth-order valence-corrected chi connectivity index (χ4v) is 2.62. The molecule has 0 saturated carbocycles. The topological polar surface area (TPSA) is 116 Å². The molecule has 2 rings (SSSR count). The van der Waals surface area contributed by atoms with Gasteiger partial charge < -0.3 is 10.1 Å². The van der Waals surface area contributed by atoms with Crippen LogP contribution in [0.2, 0.25) is 0 Å². The van der Waals surface area contributed by atoms with Crippen molar-refractivity contribution in [3.05, 3.63) is 59.2 Å². The van der Waals surface area contributed by atoms with Crippen molar-refractivity contribution < 1.29 is 22.7 Å². The molecule has 8 heteroatoms. The Kier molecular flexibility index (Phi) is 5.55. The van der Waals surface area contributed by atoms with Gasteiger partial charge in [0.1, 0.15) is 0 Å². The van der Waals surface area contributed by atoms with Crippen LogP contribution in [0.4, 0.5) is 5.69 Å². The number of benzene rings is 2. The molecular formula is C17H18N2O5S. The van der Waals surface area contributed by atoms with Crippen LogP contribution in [-0.2, 0) is 19.6 Å². The van der Waals surface area contributed by atoms with Crippen molar-refractivity contribution >= 4 is 27.6 Å². The number of sulfonamides is 1. The second-order valence-electron chi connectivity index (χ2n) is 5.44. The van der Waals surface area contributed by atoms with Gasteiger partial charge >= 0.3 is 5.97 Å². The van der Waals surface area contributed by atoms with E-state index in [1.54, 1.807) is 19.1 Å². The number of hydrogen-bond donors (Lipinski definition) is 2. The summed E-state index contributed by atoms with van der Waals surface area (Å²) in [6.07, 6.45) is 0. The number of hydrogen-bond acceptors (Lipinski definition) is 5. The minimum Gasteiger partial charge on any atom is -0.452 e. The Labute approximate surface area is 145 Å². The van der Waals surface area contributed by atoms with E-state index in [0.29, 0.717) is 11.3 Å². The molecule has 25 heavy (non-hydrogen) atoms. The number of nitrogens with one attached hydrogen (secondary N) is 1. The highest BCUT2D eigenvalue weighted by molar-refractivity contribution is 7.89. The summed E-state index contributed by atoms with van der Waals surface area (Å²) in [6, 6.07) is 10.6. The van der Waals surface area contributed by atoms with Crippen LogP contribution in [0, 0.1) is 13.8 Å². The number of carbonyl (C=O) groups is 2. The standard InChI is InChI=1S/C17H18N2O5S/c1-11-4-3-5-15(12(11)2)17(21)24-10-16(20)19-13-6-8-14(9-7-13)25(18,22)23/h3-9H,10H2,1-2H3,(H,19,20)(H2,18,22,23). The summed E-state index contributed by atoms with van der Waals surface area (Å²) < 4.78 is 27.3. The molecule has 0 aromatic heterocycles. The fourth-order valence-electron chi connectivity index (χ4n) is 2.11. The summed E-state index contributed by atoms with van der Waals surface area (Å²) in [5, 5.41) is 7.50. The summed E-state index contributed by atoms with van der Waals surface area (Å²) in [7, 11) is -3.79. The SMILES string of the molecule is Cc1cccc(C(=O)OCC(=O)Nc2ccc(S(N)(=O)=O)cc2)c1C. The minimum absolute atomic E-state index is 0.0631. The Balaban J connectivity index is 1.94. The van der Waals surface area contributed by atoms with Crippen molar-refractivity contribution in [1.82, 2.24) is 0 Å². The molecule has 0 saturated heterocycles. The first-order chi connectivity index (χ1) is 11.7. The Morgan fingerprint density at radius 2 is 1.72 bits per heavy atom. The van der Waals surface area contributed by atoms with Crippen LogP contribution < -0.4 is 10.5 Å². The number of primary sulfonamides is 1. The second kappa shape index (κ2) is 7.45. The van der Waals surface area contributed by atoms with Gasteiger partial charge in [0, 0.05) is 5.69 Å². The number of rotatable bonds is 5. The molecule has 0 unspecified atom stereocenters. The number of carbonyl (C=O) groups excluding carboxylic acids is 2. The lowest BCUT2D eigenvalue weighted by Crippen LogP contribution is -2.21. The highest BCUT2D eigenvalue weighted by atomic mass is 32.2. The summed E-state index contributed by atoms with van der Waals surface area (Å²) in [5.74, 6) is -1.12. The lowest BCUT2D eigenvalue weighted by Gasteiger charge is -2.09. The van der Waals surface area contributed by atoms with Crippen LogP contribution in [0.15, 0.2) is 47.4 Å². The highest BCUT2D eigenvalue weighted by Crippen LogP contribution is 2.14. The monoisotopic (exact) mass is 362 g/mol. The van der Waals surface area contributed by atoms with Crippen molar-refractivity contribution in [3.63, 3.8) is 0 Å². The normalized spacial score (nSPS) is 11.0. The number of anilines is 1. The lowest BCUT2D eigenvalue weighted by atomic mass is 10.0. The predicted molar refractivity (Wildman–Crippen MR) is 92.6 cm³/mol. The third kappa shape index (κ3) is 4.88. The zero-order valence-electron chi connectivity index (χ0n) is 13.8. The van der Waals surface area contributed by atoms with Crippen LogP contribution in [0.5, 0.6) is 0 Å². The molecule has 3 N–H and O–H groups in total. The highest BCUT2D eigenvalue weighted by Gasteiger charge is 2.14. The van der Waals surface area contributed by atoms with Crippen molar-refractivity contribution in [1.29, 1.82) is 0 Å². The van der Waals surface area contributed by atoms with Gasteiger partial charge in [-0.2, -0.15) is 0 Å². The van der Waals surface area contributed by atoms with Crippen LogP contribution in [0.25, 0.3) is 0 Å². The van der Waals surface area contributed by atoms with Gasteiger partial charge in [-0.15, -0.1) is 0 Å². The molecule has 0 atom stereocenters. The van der Waals surface area contributed by atoms with E-state index in [9.17, 15) is 18.0 Å². The fraction of sp³-hybridized carbons (Fsp3) is 0.176. The smallest absolute Gasteiger partial charge is 0.338 e. The molecule has 0 bridgehead atoms. The maximum Gasteiger partial charge on any atom is 0.338 e. The van der Waals surface area contributed by atoms with Crippen LogP contribution >= 0.6 is 0 Å². The third-order valence-electron chi connectivity index (χ3n) is 3.63. The van der Waals surface area contributed by atoms with Crippen molar-refractivity contribution in [2.75, 3.05) is 11.9 Å². The second-order valence-corrected chi connectivity index (χ2v) is 7.00. The average molecular weight is 362 g/mol. The molecule has 0 aliphatic rings. The van der Waals surface area contributed by atoms with E-state index in [1.807, 2.05) is 13.0 Å². The van der Waals surface area contributed by atoms with E-state index in [-0.39, 0.29) is 4.90 Å². The summed E-state index contributed by atoms with van der Waals surface area (Å²) in [4.78, 5) is 23.8. The van der Waals surface area contributed by atoms with Gasteiger partial charge in [0.25, 0.3) is 5.91 Å². The molecule has 0 aliphatic heterocycles. The Morgan fingerprint density at radius 3 is 2.32 bits per heavy atom. The Morgan fingerprint density at radius 1 is 1.08 bits per heavy atom. The zero-order chi connectivity index (χ0) is 18.6. The molecule has 2 aromatic rings. The van der Waals surface area contributed by atoms with Crippen LogP contribution in [-0.4, -0.2) is 26.9 Å². The predicted octanol–water partition coefficient (Wildman–Crippen LogP) is 1.75. The van der Waals surface area contributed by atoms with E-state index in [1.165, 1.54) is 24.3 Å². The molecule has 0 spiro atoms. The van der Waals surface area contributed by atoms with Gasteiger partial charge in [0.05, 0.1) is 10.5 Å². The number of amides is 1. The first-order valence-corrected chi connectivity index (χ1v) is 8.89. The van der Waals surface area contributed by atoms with E-state index < -0.39 is 28.5 Å². The van der Waals surface area contributed by atoms with Crippen molar-refractivity contribution in [2.45, 2.75) is 18.7 Å². The molecule has 0 fully saturated rings. The van der Waals surface area contributed by atoms with Crippen molar-refractivity contribution in [2.24, 2.45) is 5.14 Å². The Hall–Kier alpha value is -2.71. The summed E-state index contributed by atoms with van der Waals surface area (Å²) >= 11 is 0. The molecule has 132 valence electrons. The molecule has 2 aromatic carbocycles. The number of nitrogens with two attached hydrogens (primary N) is 1. The van der Waals surface area contributed by atoms with Gasteiger partial charge in [-0.3, -0.25) is 4.79 Å². The van der Waals surface area contributed by atoms with E-state index >= 15 is 0 Å². The van der Waals surface area contributed by atoms with Gasteiger partial charge in [-0.1, -0.05) is 12.1 Å². The number of ether oxygens (including phenoxy) is 1. The number of aryl methyl sites for hydroxylation is 1.